The van der Waals surface area contributed by atoms with E-state index >= 15 is 0 Å². The second-order valence-corrected chi connectivity index (χ2v) is 5.80. The Balaban J connectivity index is 2.09. The van der Waals surface area contributed by atoms with Gasteiger partial charge in [-0.3, -0.25) is 4.79 Å². The Kier molecular flexibility index (Phi) is 4.53. The fourth-order valence-electron chi connectivity index (χ4n) is 2.85. The van der Waals surface area contributed by atoms with Gasteiger partial charge >= 0.3 is 0 Å². The first-order chi connectivity index (χ1) is 9.54. The van der Waals surface area contributed by atoms with Crippen molar-refractivity contribution in [3.8, 4) is 5.75 Å². The number of rotatable bonds is 3. The highest BCUT2D eigenvalue weighted by Gasteiger charge is 2.26. The smallest absolute Gasteiger partial charge is 0.256 e. The minimum atomic E-state index is 0.0172. The number of nitrogens with two attached hydrogens (primary N) is 1. The van der Waals surface area contributed by atoms with E-state index in [2.05, 4.69) is 13.8 Å². The topological polar surface area (TPSA) is 55.6 Å². The molecule has 0 spiro atoms. The fourth-order valence-corrected chi connectivity index (χ4v) is 2.85. The van der Waals surface area contributed by atoms with Gasteiger partial charge in [-0.25, -0.2) is 0 Å². The number of hydrogen-bond acceptors (Lipinski definition) is 3. The maximum absolute atomic E-state index is 12.6. The first-order valence-electron chi connectivity index (χ1n) is 7.26. The molecule has 1 aromatic carbocycles. The van der Waals surface area contributed by atoms with Crippen molar-refractivity contribution >= 4 is 11.6 Å². The maximum Gasteiger partial charge on any atom is 0.256 e. The molecule has 110 valence electrons. The summed E-state index contributed by atoms with van der Waals surface area (Å²) < 4.78 is 5.18. The van der Waals surface area contributed by atoms with E-state index in [-0.39, 0.29) is 5.91 Å². The van der Waals surface area contributed by atoms with Crippen LogP contribution in [0.1, 0.15) is 37.0 Å². The number of nitrogen functional groups attached to an aromatic ring is 1. The van der Waals surface area contributed by atoms with Gasteiger partial charge in [0.25, 0.3) is 5.91 Å². The molecule has 2 rings (SSSR count). The quantitative estimate of drug-likeness (QED) is 0.864. The first-order valence-corrected chi connectivity index (χ1v) is 7.26. The van der Waals surface area contributed by atoms with Crippen LogP contribution in [0.2, 0.25) is 0 Å². The van der Waals surface area contributed by atoms with Crippen LogP contribution in [0.3, 0.4) is 0 Å². The van der Waals surface area contributed by atoms with Crippen molar-refractivity contribution in [3.05, 3.63) is 23.8 Å². The van der Waals surface area contributed by atoms with E-state index in [9.17, 15) is 4.79 Å². The summed E-state index contributed by atoms with van der Waals surface area (Å²) >= 11 is 0. The van der Waals surface area contributed by atoms with Crippen molar-refractivity contribution in [1.82, 2.24) is 4.90 Å². The summed E-state index contributed by atoms with van der Waals surface area (Å²) in [7, 11) is 1.56. The molecule has 4 nitrogen and oxygen atoms in total. The molecule has 2 N–H and O–H groups in total. The Bertz CT molecular complexity index is 477. The van der Waals surface area contributed by atoms with Gasteiger partial charge in [-0.15, -0.1) is 0 Å². The van der Waals surface area contributed by atoms with Crippen LogP contribution in [0.25, 0.3) is 0 Å². The van der Waals surface area contributed by atoms with Crippen LogP contribution in [0.15, 0.2) is 18.2 Å². The molecule has 4 heteroatoms. The molecule has 0 unspecified atom stereocenters. The number of carbonyl (C=O) groups is 1. The number of para-hydroxylation sites is 1. The Morgan fingerprint density at radius 1 is 1.35 bits per heavy atom. The van der Waals surface area contributed by atoms with E-state index in [0.717, 1.165) is 31.8 Å². The lowest BCUT2D eigenvalue weighted by Gasteiger charge is -2.34. The Labute approximate surface area is 120 Å². The third-order valence-electron chi connectivity index (χ3n) is 4.29. The maximum atomic E-state index is 12.6. The van der Waals surface area contributed by atoms with Crippen LogP contribution in [0, 0.1) is 11.8 Å². The molecule has 0 aromatic heterocycles. The minimum absolute atomic E-state index is 0.0172. The van der Waals surface area contributed by atoms with Gasteiger partial charge in [0.15, 0.2) is 0 Å². The van der Waals surface area contributed by atoms with Crippen LogP contribution in [-0.2, 0) is 0 Å². The number of likely N-dealkylation sites (tertiary alicyclic amines) is 1. The summed E-state index contributed by atoms with van der Waals surface area (Å²) in [5, 5.41) is 0. The molecule has 0 atom stereocenters. The SMILES string of the molecule is COc1cccc(C(=O)N2CCC(C(C)C)CC2)c1N. The monoisotopic (exact) mass is 276 g/mol. The highest BCUT2D eigenvalue weighted by molar-refractivity contribution is 6.00. The van der Waals surface area contributed by atoms with Crippen molar-refractivity contribution < 1.29 is 9.53 Å². The molecular formula is C16H24N2O2. The third-order valence-corrected chi connectivity index (χ3v) is 4.29. The predicted octanol–water partition coefficient (Wildman–Crippen LogP) is 2.79. The molecule has 1 aliphatic rings. The van der Waals surface area contributed by atoms with Crippen LogP contribution in [0.4, 0.5) is 5.69 Å². The van der Waals surface area contributed by atoms with Gasteiger partial charge in [0, 0.05) is 13.1 Å². The molecule has 0 saturated carbocycles. The zero-order valence-electron chi connectivity index (χ0n) is 12.6. The molecule has 1 heterocycles. The standard InChI is InChI=1S/C16H24N2O2/c1-11(2)12-7-9-18(10-8-12)16(19)13-5-4-6-14(20-3)15(13)17/h4-6,11-12H,7-10,17H2,1-3H3. The normalized spacial score (nSPS) is 16.5. The van der Waals surface area contributed by atoms with Gasteiger partial charge in [0.2, 0.25) is 0 Å². The zero-order chi connectivity index (χ0) is 14.7. The number of amides is 1. The summed E-state index contributed by atoms with van der Waals surface area (Å²) in [6.45, 7) is 6.14. The number of piperidine rings is 1. The van der Waals surface area contributed by atoms with E-state index in [0.29, 0.717) is 22.9 Å². The van der Waals surface area contributed by atoms with Gasteiger partial charge in [-0.1, -0.05) is 19.9 Å². The zero-order valence-corrected chi connectivity index (χ0v) is 12.6. The number of anilines is 1. The summed E-state index contributed by atoms with van der Waals surface area (Å²) in [6, 6.07) is 5.36. The Morgan fingerprint density at radius 3 is 2.55 bits per heavy atom. The largest absolute Gasteiger partial charge is 0.495 e. The molecular weight excluding hydrogens is 252 g/mol. The lowest BCUT2D eigenvalue weighted by Crippen LogP contribution is -2.39. The van der Waals surface area contributed by atoms with E-state index in [4.69, 9.17) is 10.5 Å². The Hall–Kier alpha value is -1.71. The molecule has 20 heavy (non-hydrogen) atoms. The van der Waals surface area contributed by atoms with Gasteiger partial charge in [-0.2, -0.15) is 0 Å². The predicted molar refractivity (Wildman–Crippen MR) is 80.9 cm³/mol. The van der Waals surface area contributed by atoms with Crippen molar-refractivity contribution in [3.63, 3.8) is 0 Å². The van der Waals surface area contributed by atoms with Crippen molar-refractivity contribution in [2.45, 2.75) is 26.7 Å². The number of nitrogens with zero attached hydrogens (tertiary/aromatic N) is 1. The number of methoxy groups -OCH3 is 1. The summed E-state index contributed by atoms with van der Waals surface area (Å²) in [5.74, 6) is 1.99. The van der Waals surface area contributed by atoms with Gasteiger partial charge in [-0.05, 0) is 36.8 Å². The number of benzene rings is 1. The molecule has 1 aliphatic heterocycles. The lowest BCUT2D eigenvalue weighted by molar-refractivity contribution is 0.0668. The second kappa shape index (κ2) is 6.16. The number of carbonyl (C=O) groups excluding carboxylic acids is 1. The molecule has 0 radical (unpaired) electrons. The number of hydrogen-bond donors (Lipinski definition) is 1. The molecule has 0 aliphatic carbocycles. The van der Waals surface area contributed by atoms with E-state index in [1.54, 1.807) is 19.2 Å². The number of ether oxygens (including phenoxy) is 1. The first kappa shape index (κ1) is 14.7. The highest BCUT2D eigenvalue weighted by atomic mass is 16.5. The van der Waals surface area contributed by atoms with E-state index in [1.165, 1.54) is 0 Å². The summed E-state index contributed by atoms with van der Waals surface area (Å²) in [5.41, 5.74) is 6.99. The van der Waals surface area contributed by atoms with Gasteiger partial charge in [0.1, 0.15) is 5.75 Å². The second-order valence-electron chi connectivity index (χ2n) is 5.80. The van der Waals surface area contributed by atoms with Crippen molar-refractivity contribution in [2.24, 2.45) is 11.8 Å². The van der Waals surface area contributed by atoms with Crippen LogP contribution in [-0.4, -0.2) is 31.0 Å². The highest BCUT2D eigenvalue weighted by Crippen LogP contribution is 2.29. The molecule has 1 aromatic rings. The van der Waals surface area contributed by atoms with E-state index in [1.807, 2.05) is 11.0 Å². The Morgan fingerprint density at radius 2 is 2.00 bits per heavy atom. The van der Waals surface area contributed by atoms with Crippen molar-refractivity contribution in [2.75, 3.05) is 25.9 Å². The lowest BCUT2D eigenvalue weighted by atomic mass is 9.86. The molecule has 0 bridgehead atoms. The van der Waals surface area contributed by atoms with Crippen molar-refractivity contribution in [1.29, 1.82) is 0 Å². The van der Waals surface area contributed by atoms with Gasteiger partial charge in [0.05, 0.1) is 18.4 Å². The van der Waals surface area contributed by atoms with Gasteiger partial charge < -0.3 is 15.4 Å². The van der Waals surface area contributed by atoms with Crippen LogP contribution in [0.5, 0.6) is 5.75 Å². The fraction of sp³-hybridized carbons (Fsp3) is 0.562. The average molecular weight is 276 g/mol. The summed E-state index contributed by atoms with van der Waals surface area (Å²) in [6.07, 6.45) is 2.15. The van der Waals surface area contributed by atoms with Crippen LogP contribution >= 0.6 is 0 Å². The van der Waals surface area contributed by atoms with Crippen LogP contribution < -0.4 is 10.5 Å². The third kappa shape index (κ3) is 2.89. The summed E-state index contributed by atoms with van der Waals surface area (Å²) in [4.78, 5) is 14.5. The molecule has 1 amide bonds. The molecule has 1 fully saturated rings. The molecule has 1 saturated heterocycles. The average Bonchev–Trinajstić information content (AvgIpc) is 2.47. The minimum Gasteiger partial charge on any atom is -0.495 e. The van der Waals surface area contributed by atoms with E-state index < -0.39 is 0 Å².